The highest BCUT2D eigenvalue weighted by atomic mass is 79.9. The first-order chi connectivity index (χ1) is 21.1. The number of thiazole rings is 1. The van der Waals surface area contributed by atoms with Crippen molar-refractivity contribution >= 4 is 45.2 Å². The summed E-state index contributed by atoms with van der Waals surface area (Å²) >= 11 is 4.74. The van der Waals surface area contributed by atoms with Crippen LogP contribution in [0.3, 0.4) is 0 Å². The molecular formula is C32H34BrN3O7S. The number of hydrogen-bond acceptors (Lipinski definition) is 9. The summed E-state index contributed by atoms with van der Waals surface area (Å²) < 4.78 is 25.3. The average molecular weight is 685 g/mol. The Kier molecular flexibility index (Phi) is 9.59. The molecule has 1 aromatic heterocycles. The minimum absolute atomic E-state index is 0.0571. The largest absolute Gasteiger partial charge is 0.496 e. The third-order valence-electron chi connectivity index (χ3n) is 7.37. The summed E-state index contributed by atoms with van der Waals surface area (Å²) in [5, 5.41) is 0. The molecule has 3 heterocycles. The second kappa shape index (κ2) is 13.4. The van der Waals surface area contributed by atoms with Crippen LogP contribution >= 0.6 is 27.3 Å². The first kappa shape index (κ1) is 31.5. The smallest absolute Gasteiger partial charge is 0.338 e. The topological polar surface area (TPSA) is 109 Å². The van der Waals surface area contributed by atoms with Gasteiger partial charge in [-0.25, -0.2) is 9.79 Å². The molecule has 0 spiro atoms. The molecule has 0 aliphatic carbocycles. The van der Waals surface area contributed by atoms with Crippen molar-refractivity contribution < 1.29 is 28.5 Å². The fraction of sp³-hybridized carbons (Fsp3) is 0.375. The molecule has 5 rings (SSSR count). The highest BCUT2D eigenvalue weighted by Gasteiger charge is 2.35. The quantitative estimate of drug-likeness (QED) is 0.314. The number of amides is 1. The molecule has 44 heavy (non-hydrogen) atoms. The third-order valence-corrected chi connectivity index (χ3v) is 8.84. The Hall–Kier alpha value is -3.90. The van der Waals surface area contributed by atoms with Gasteiger partial charge in [0.15, 0.2) is 22.9 Å². The van der Waals surface area contributed by atoms with Crippen molar-refractivity contribution in [3.8, 4) is 17.2 Å². The van der Waals surface area contributed by atoms with Crippen LogP contribution in [0, 0.1) is 0 Å². The van der Waals surface area contributed by atoms with Gasteiger partial charge in [0.05, 0.1) is 36.1 Å². The normalized spacial score (nSPS) is 16.6. The van der Waals surface area contributed by atoms with Gasteiger partial charge in [-0.1, -0.05) is 33.3 Å². The SMILES string of the molecule is COc1cc(/C=c2\sc3n(c2=O)[C@@H](c2cc(Br)ccc2OC)C(C(=O)OC(C)C)=C(C)N=3)ccc1OCC(=O)N1CCCC1. The van der Waals surface area contributed by atoms with E-state index in [-0.39, 0.29) is 29.8 Å². The molecule has 1 saturated heterocycles. The van der Waals surface area contributed by atoms with E-state index in [9.17, 15) is 14.4 Å². The molecule has 10 nitrogen and oxygen atoms in total. The van der Waals surface area contributed by atoms with Crippen molar-refractivity contribution in [1.29, 1.82) is 0 Å². The fourth-order valence-corrected chi connectivity index (χ4v) is 6.74. The lowest BCUT2D eigenvalue weighted by Crippen LogP contribution is -2.40. The standard InChI is InChI=1S/C32H34BrN3O7S/c1-18(2)43-31(39)28-19(3)34-32-36(29(28)22-16-21(33)9-11-23(22)40-4)30(38)26(44-32)15-20-8-10-24(25(14-20)41-5)42-17-27(37)35-12-6-7-13-35/h8-11,14-16,18,29H,6-7,12-13,17H2,1-5H3/b26-15-/t29-/m0/s1. The predicted molar refractivity (Wildman–Crippen MR) is 170 cm³/mol. The summed E-state index contributed by atoms with van der Waals surface area (Å²) in [7, 11) is 3.07. The van der Waals surface area contributed by atoms with Crippen LogP contribution in [0.4, 0.5) is 0 Å². The lowest BCUT2D eigenvalue weighted by atomic mass is 9.95. The van der Waals surface area contributed by atoms with Crippen molar-refractivity contribution in [3.63, 3.8) is 0 Å². The monoisotopic (exact) mass is 683 g/mol. The molecule has 0 N–H and O–H groups in total. The van der Waals surface area contributed by atoms with Crippen LogP contribution in [-0.4, -0.2) is 61.4 Å². The van der Waals surface area contributed by atoms with Crippen LogP contribution < -0.4 is 29.1 Å². The van der Waals surface area contributed by atoms with Crippen LogP contribution in [0.2, 0.25) is 0 Å². The van der Waals surface area contributed by atoms with Crippen molar-refractivity contribution in [2.45, 2.75) is 45.8 Å². The number of ether oxygens (including phenoxy) is 4. The molecule has 2 aliphatic rings. The Morgan fingerprint density at radius 2 is 1.77 bits per heavy atom. The maximum absolute atomic E-state index is 14.1. The van der Waals surface area contributed by atoms with Gasteiger partial charge < -0.3 is 23.8 Å². The molecule has 2 aromatic carbocycles. The highest BCUT2D eigenvalue weighted by molar-refractivity contribution is 9.10. The third kappa shape index (κ3) is 6.46. The predicted octanol–water partition coefficient (Wildman–Crippen LogP) is 3.97. The van der Waals surface area contributed by atoms with Crippen LogP contribution in [0.15, 0.2) is 61.9 Å². The van der Waals surface area contributed by atoms with E-state index >= 15 is 0 Å². The number of carbonyl (C=O) groups is 2. The Labute approximate surface area is 267 Å². The summed E-state index contributed by atoms with van der Waals surface area (Å²) in [6, 6.07) is 9.88. The first-order valence-corrected chi connectivity index (χ1v) is 15.9. The Balaban J connectivity index is 1.56. The second-order valence-corrected chi connectivity index (χ2v) is 12.6. The summed E-state index contributed by atoms with van der Waals surface area (Å²) in [6.45, 7) is 6.72. The van der Waals surface area contributed by atoms with Gasteiger partial charge in [0, 0.05) is 23.1 Å². The van der Waals surface area contributed by atoms with Crippen molar-refractivity contribution in [2.75, 3.05) is 33.9 Å². The number of allylic oxidation sites excluding steroid dienone is 1. The van der Waals surface area contributed by atoms with Gasteiger partial charge in [-0.2, -0.15) is 0 Å². The lowest BCUT2D eigenvalue weighted by Gasteiger charge is -2.26. The molecule has 1 amide bonds. The Bertz CT molecular complexity index is 1800. The van der Waals surface area contributed by atoms with Gasteiger partial charge in [0.2, 0.25) is 0 Å². The zero-order valence-corrected chi connectivity index (χ0v) is 27.6. The van der Waals surface area contributed by atoms with Gasteiger partial charge in [0.1, 0.15) is 11.8 Å². The highest BCUT2D eigenvalue weighted by Crippen LogP contribution is 2.37. The molecular weight excluding hydrogens is 650 g/mol. The number of aromatic nitrogens is 1. The van der Waals surface area contributed by atoms with Gasteiger partial charge in [0.25, 0.3) is 11.5 Å². The number of fused-ring (bicyclic) bond motifs is 1. The van der Waals surface area contributed by atoms with Crippen LogP contribution in [0.1, 0.15) is 50.8 Å². The summed E-state index contributed by atoms with van der Waals surface area (Å²) in [5.74, 6) is 0.779. The summed E-state index contributed by atoms with van der Waals surface area (Å²) in [5.41, 5.74) is 1.71. The number of hydrogen-bond donors (Lipinski definition) is 0. The number of nitrogens with zero attached hydrogens (tertiary/aromatic N) is 3. The van der Waals surface area contributed by atoms with E-state index in [0.717, 1.165) is 30.4 Å². The number of methoxy groups -OCH3 is 2. The zero-order chi connectivity index (χ0) is 31.5. The van der Waals surface area contributed by atoms with Crippen LogP contribution in [0.5, 0.6) is 17.2 Å². The summed E-state index contributed by atoms with van der Waals surface area (Å²) in [4.78, 5) is 46.8. The Morgan fingerprint density at radius 3 is 2.45 bits per heavy atom. The van der Waals surface area contributed by atoms with E-state index in [1.165, 1.54) is 23.0 Å². The van der Waals surface area contributed by atoms with Gasteiger partial charge in [-0.15, -0.1) is 0 Å². The number of carbonyl (C=O) groups excluding carboxylic acids is 2. The lowest BCUT2D eigenvalue weighted by molar-refractivity contribution is -0.143. The molecule has 3 aromatic rings. The van der Waals surface area contributed by atoms with E-state index in [4.69, 9.17) is 18.9 Å². The number of esters is 1. The molecule has 1 fully saturated rings. The average Bonchev–Trinajstić information content (AvgIpc) is 3.63. The van der Waals surface area contributed by atoms with Crippen molar-refractivity contribution in [1.82, 2.24) is 9.47 Å². The number of rotatable bonds is 9. The van der Waals surface area contributed by atoms with Crippen LogP contribution in [0.25, 0.3) is 6.08 Å². The van der Waals surface area contributed by atoms with E-state index in [0.29, 0.717) is 43.4 Å². The van der Waals surface area contributed by atoms with E-state index < -0.39 is 12.0 Å². The van der Waals surface area contributed by atoms with Gasteiger partial charge in [-0.05, 0) is 75.6 Å². The molecule has 0 bridgehead atoms. The minimum Gasteiger partial charge on any atom is -0.496 e. The van der Waals surface area contributed by atoms with Crippen molar-refractivity contribution in [2.24, 2.45) is 4.99 Å². The van der Waals surface area contributed by atoms with Crippen LogP contribution in [-0.2, 0) is 14.3 Å². The van der Waals surface area contributed by atoms with Gasteiger partial charge >= 0.3 is 5.97 Å². The van der Waals surface area contributed by atoms with Crippen molar-refractivity contribution in [3.05, 3.63) is 83.0 Å². The molecule has 0 unspecified atom stereocenters. The molecule has 0 radical (unpaired) electrons. The molecule has 12 heteroatoms. The molecule has 0 saturated carbocycles. The number of likely N-dealkylation sites (tertiary alicyclic amines) is 1. The van der Waals surface area contributed by atoms with E-state index in [2.05, 4.69) is 20.9 Å². The Morgan fingerprint density at radius 1 is 1.07 bits per heavy atom. The van der Waals surface area contributed by atoms with Gasteiger partial charge in [-0.3, -0.25) is 14.2 Å². The maximum atomic E-state index is 14.1. The molecule has 2 aliphatic heterocycles. The molecule has 232 valence electrons. The minimum atomic E-state index is -0.828. The molecule has 1 atom stereocenters. The zero-order valence-electron chi connectivity index (χ0n) is 25.2. The number of benzene rings is 2. The van der Waals surface area contributed by atoms with E-state index in [1.54, 1.807) is 63.1 Å². The summed E-state index contributed by atoms with van der Waals surface area (Å²) in [6.07, 6.45) is 3.40. The second-order valence-electron chi connectivity index (χ2n) is 10.7. The van der Waals surface area contributed by atoms with E-state index in [1.807, 2.05) is 12.1 Å². The number of halogens is 1. The fourth-order valence-electron chi connectivity index (χ4n) is 5.32. The first-order valence-electron chi connectivity index (χ1n) is 14.3. The maximum Gasteiger partial charge on any atom is 0.338 e.